The third-order valence-corrected chi connectivity index (χ3v) is 6.39. The van der Waals surface area contributed by atoms with Crippen molar-refractivity contribution >= 4 is 22.7 Å². The molecule has 1 saturated carbocycles. The highest BCUT2D eigenvalue weighted by Crippen LogP contribution is 2.29. The fraction of sp³-hybridized carbons (Fsp3) is 0.462. The van der Waals surface area contributed by atoms with Gasteiger partial charge in [0.05, 0.1) is 5.52 Å². The lowest BCUT2D eigenvalue weighted by Gasteiger charge is -2.29. The molecule has 1 heterocycles. The van der Waals surface area contributed by atoms with Crippen LogP contribution in [0.15, 0.2) is 48.5 Å². The quantitative estimate of drug-likeness (QED) is 0.394. The SMILES string of the molecule is CN(C)c1nc(NC2CCC(CNCCc3ccccc3OC(F)(F)F)CC2)nc2ccccc12. The van der Waals surface area contributed by atoms with Gasteiger partial charge in [0.1, 0.15) is 11.6 Å². The Morgan fingerprint density at radius 3 is 2.43 bits per heavy atom. The third-order valence-electron chi connectivity index (χ3n) is 6.39. The molecule has 0 amide bonds. The normalized spacial score (nSPS) is 18.4. The van der Waals surface area contributed by atoms with Crippen LogP contribution in [0.5, 0.6) is 5.75 Å². The Morgan fingerprint density at radius 1 is 0.971 bits per heavy atom. The minimum atomic E-state index is -4.68. The Bertz CT molecular complexity index is 1110. The number of para-hydroxylation sites is 2. The van der Waals surface area contributed by atoms with Gasteiger partial charge in [-0.2, -0.15) is 4.98 Å². The summed E-state index contributed by atoms with van der Waals surface area (Å²) in [5, 5.41) is 7.97. The summed E-state index contributed by atoms with van der Waals surface area (Å²) in [7, 11) is 3.97. The maximum absolute atomic E-state index is 12.6. The number of alkyl halides is 3. The topological polar surface area (TPSA) is 62.3 Å². The maximum Gasteiger partial charge on any atom is 0.573 e. The number of ether oxygens (including phenoxy) is 1. The first-order valence-corrected chi connectivity index (χ1v) is 12.0. The van der Waals surface area contributed by atoms with E-state index in [9.17, 15) is 13.2 Å². The molecule has 188 valence electrons. The monoisotopic (exact) mass is 487 g/mol. The van der Waals surface area contributed by atoms with Gasteiger partial charge in [-0.1, -0.05) is 30.3 Å². The van der Waals surface area contributed by atoms with Crippen LogP contribution >= 0.6 is 0 Å². The van der Waals surface area contributed by atoms with Crippen LogP contribution in [0, 0.1) is 5.92 Å². The summed E-state index contributed by atoms with van der Waals surface area (Å²) in [6.07, 6.45) is 0.0159. The first-order valence-electron chi connectivity index (χ1n) is 12.0. The number of benzene rings is 2. The summed E-state index contributed by atoms with van der Waals surface area (Å²) in [4.78, 5) is 11.5. The van der Waals surface area contributed by atoms with Gasteiger partial charge in [-0.15, -0.1) is 13.2 Å². The molecule has 0 unspecified atom stereocenters. The molecule has 1 fully saturated rings. The summed E-state index contributed by atoms with van der Waals surface area (Å²) in [5.41, 5.74) is 1.48. The molecule has 2 N–H and O–H groups in total. The van der Waals surface area contributed by atoms with E-state index in [0.717, 1.165) is 48.9 Å². The summed E-state index contributed by atoms with van der Waals surface area (Å²) >= 11 is 0. The Balaban J connectivity index is 1.23. The van der Waals surface area contributed by atoms with Gasteiger partial charge in [0, 0.05) is 25.5 Å². The number of hydrogen-bond acceptors (Lipinski definition) is 6. The van der Waals surface area contributed by atoms with E-state index in [1.807, 2.05) is 43.3 Å². The van der Waals surface area contributed by atoms with E-state index in [1.54, 1.807) is 18.2 Å². The largest absolute Gasteiger partial charge is 0.573 e. The maximum atomic E-state index is 12.6. The van der Waals surface area contributed by atoms with Gasteiger partial charge in [-0.05, 0) is 74.9 Å². The molecule has 1 aliphatic carbocycles. The summed E-state index contributed by atoms with van der Waals surface area (Å²) < 4.78 is 41.9. The number of hydrogen-bond donors (Lipinski definition) is 2. The van der Waals surface area contributed by atoms with Crippen molar-refractivity contribution in [2.24, 2.45) is 5.92 Å². The standard InChI is InChI=1S/C26H32F3N5O/c1-34(2)24-21-8-4-5-9-22(21)32-25(33-24)31-20-13-11-18(12-14-20)17-30-16-15-19-7-3-6-10-23(19)35-26(27,28)29/h3-10,18,20,30H,11-17H2,1-2H3,(H,31,32,33). The van der Waals surface area contributed by atoms with E-state index >= 15 is 0 Å². The third kappa shape index (κ3) is 6.97. The van der Waals surface area contributed by atoms with Gasteiger partial charge in [0.2, 0.25) is 5.95 Å². The van der Waals surface area contributed by atoms with E-state index in [2.05, 4.69) is 15.4 Å². The van der Waals surface area contributed by atoms with Crippen LogP contribution in [0.1, 0.15) is 31.2 Å². The molecule has 4 rings (SSSR count). The highest BCUT2D eigenvalue weighted by atomic mass is 19.4. The highest BCUT2D eigenvalue weighted by Gasteiger charge is 2.32. The zero-order valence-electron chi connectivity index (χ0n) is 20.1. The van der Waals surface area contributed by atoms with Gasteiger partial charge in [-0.25, -0.2) is 4.98 Å². The van der Waals surface area contributed by atoms with Crippen LogP contribution < -0.4 is 20.3 Å². The van der Waals surface area contributed by atoms with E-state index in [-0.39, 0.29) is 5.75 Å². The minimum Gasteiger partial charge on any atom is -0.406 e. The fourth-order valence-corrected chi connectivity index (χ4v) is 4.62. The van der Waals surface area contributed by atoms with Crippen LogP contribution in [0.3, 0.4) is 0 Å². The summed E-state index contributed by atoms with van der Waals surface area (Å²) in [6.45, 7) is 1.46. The second-order valence-corrected chi connectivity index (χ2v) is 9.25. The van der Waals surface area contributed by atoms with Gasteiger partial charge in [0.25, 0.3) is 0 Å². The van der Waals surface area contributed by atoms with Gasteiger partial charge >= 0.3 is 6.36 Å². The lowest BCUT2D eigenvalue weighted by Crippen LogP contribution is -2.32. The van der Waals surface area contributed by atoms with E-state index in [1.165, 1.54) is 6.07 Å². The molecule has 2 aromatic carbocycles. The lowest BCUT2D eigenvalue weighted by molar-refractivity contribution is -0.274. The Hall–Kier alpha value is -3.07. The highest BCUT2D eigenvalue weighted by molar-refractivity contribution is 5.90. The number of rotatable bonds is 9. The predicted octanol–water partition coefficient (Wildman–Crippen LogP) is 5.40. The van der Waals surface area contributed by atoms with Crippen molar-refractivity contribution in [3.8, 4) is 5.75 Å². The minimum absolute atomic E-state index is 0.123. The Morgan fingerprint density at radius 2 is 1.69 bits per heavy atom. The van der Waals surface area contributed by atoms with E-state index in [0.29, 0.717) is 36.4 Å². The van der Waals surface area contributed by atoms with E-state index < -0.39 is 6.36 Å². The van der Waals surface area contributed by atoms with E-state index in [4.69, 9.17) is 9.97 Å². The van der Waals surface area contributed by atoms with Crippen LogP contribution in [0.25, 0.3) is 10.9 Å². The van der Waals surface area contributed by atoms with Crippen LogP contribution in [-0.2, 0) is 6.42 Å². The second kappa shape index (κ2) is 11.1. The Kier molecular flexibility index (Phi) is 7.95. The summed E-state index contributed by atoms with van der Waals surface area (Å²) in [6, 6.07) is 14.7. The van der Waals surface area contributed by atoms with Crippen molar-refractivity contribution in [1.29, 1.82) is 0 Å². The molecule has 0 atom stereocenters. The van der Waals surface area contributed by atoms with Crippen molar-refractivity contribution < 1.29 is 17.9 Å². The smallest absolute Gasteiger partial charge is 0.406 e. The lowest BCUT2D eigenvalue weighted by atomic mass is 9.86. The zero-order chi connectivity index (χ0) is 24.8. The number of aromatic nitrogens is 2. The first-order chi connectivity index (χ1) is 16.8. The van der Waals surface area contributed by atoms with Gasteiger partial charge < -0.3 is 20.3 Å². The molecule has 0 saturated heterocycles. The number of nitrogens with zero attached hydrogens (tertiary/aromatic N) is 3. The van der Waals surface area contributed by atoms with Crippen molar-refractivity contribution in [3.05, 3.63) is 54.1 Å². The predicted molar refractivity (Wildman–Crippen MR) is 133 cm³/mol. The number of halogens is 3. The molecule has 35 heavy (non-hydrogen) atoms. The molecule has 6 nitrogen and oxygen atoms in total. The van der Waals surface area contributed by atoms with Crippen molar-refractivity contribution in [3.63, 3.8) is 0 Å². The number of nitrogens with one attached hydrogen (secondary N) is 2. The molecule has 0 bridgehead atoms. The van der Waals surface area contributed by atoms with Gasteiger partial charge in [0.15, 0.2) is 0 Å². The molecular formula is C26H32F3N5O. The van der Waals surface area contributed by atoms with Crippen molar-refractivity contribution in [2.75, 3.05) is 37.4 Å². The Labute approximate surface area is 203 Å². The molecule has 1 aromatic heterocycles. The summed E-state index contributed by atoms with van der Waals surface area (Å²) in [5.74, 6) is 1.98. The van der Waals surface area contributed by atoms with Crippen LogP contribution in [0.2, 0.25) is 0 Å². The average Bonchev–Trinajstić information content (AvgIpc) is 2.82. The molecule has 3 aromatic rings. The zero-order valence-corrected chi connectivity index (χ0v) is 20.1. The first kappa shape index (κ1) is 25.0. The number of fused-ring (bicyclic) bond motifs is 1. The van der Waals surface area contributed by atoms with Gasteiger partial charge in [-0.3, -0.25) is 0 Å². The molecule has 1 aliphatic rings. The van der Waals surface area contributed by atoms with Crippen molar-refractivity contribution in [1.82, 2.24) is 15.3 Å². The fourth-order valence-electron chi connectivity index (χ4n) is 4.62. The molecule has 9 heteroatoms. The molecule has 0 radical (unpaired) electrons. The van der Waals surface area contributed by atoms with Crippen molar-refractivity contribution in [2.45, 2.75) is 44.5 Å². The average molecular weight is 488 g/mol. The van der Waals surface area contributed by atoms with Crippen LogP contribution in [-0.4, -0.2) is 49.6 Å². The number of anilines is 2. The molecule has 0 spiro atoms. The molecule has 0 aliphatic heterocycles. The molecular weight excluding hydrogens is 455 g/mol. The second-order valence-electron chi connectivity index (χ2n) is 9.25. The van der Waals surface area contributed by atoms with Crippen LogP contribution in [0.4, 0.5) is 24.9 Å².